The van der Waals surface area contributed by atoms with E-state index in [9.17, 15) is 14.7 Å². The molecular weight excluding hydrogens is 424 g/mol. The van der Waals surface area contributed by atoms with Gasteiger partial charge in [-0.15, -0.1) is 11.3 Å². The molecule has 1 aromatic heterocycles. The predicted molar refractivity (Wildman–Crippen MR) is 126 cm³/mol. The van der Waals surface area contributed by atoms with E-state index in [0.717, 1.165) is 55.8 Å². The fraction of sp³-hybridized carbons (Fsp3) is 0.792. The SMILES string of the molecule is C[C@H](C(=O)N1CCCC1)[C@@H]1CC[C@]2(C)Cc3sc(NC(=O)C[NH+](C)C)nc3[C@@H](C)[C@@H]2[C@H]1O. The first kappa shape index (κ1) is 23.6. The van der Waals surface area contributed by atoms with Crippen LogP contribution in [-0.2, 0) is 16.0 Å². The van der Waals surface area contributed by atoms with E-state index in [1.54, 1.807) is 11.3 Å². The molecule has 4 rings (SSSR count). The van der Waals surface area contributed by atoms with Gasteiger partial charge in [-0.2, -0.15) is 0 Å². The number of hydrogen-bond donors (Lipinski definition) is 3. The first-order chi connectivity index (χ1) is 15.1. The number of fused-ring (bicyclic) bond motifs is 2. The third kappa shape index (κ3) is 4.33. The average molecular weight is 464 g/mol. The zero-order valence-electron chi connectivity index (χ0n) is 20.1. The van der Waals surface area contributed by atoms with Crippen LogP contribution >= 0.6 is 11.3 Å². The lowest BCUT2D eigenvalue weighted by molar-refractivity contribution is -0.849. The molecule has 32 heavy (non-hydrogen) atoms. The maximum absolute atomic E-state index is 13.1. The fourth-order valence-corrected chi connectivity index (χ4v) is 7.77. The topological polar surface area (TPSA) is 87.0 Å². The highest BCUT2D eigenvalue weighted by Crippen LogP contribution is 2.57. The van der Waals surface area contributed by atoms with Gasteiger partial charge in [0.2, 0.25) is 5.91 Å². The Morgan fingerprint density at radius 3 is 2.69 bits per heavy atom. The highest BCUT2D eigenvalue weighted by atomic mass is 32.1. The number of thiazole rings is 1. The van der Waals surface area contributed by atoms with Gasteiger partial charge >= 0.3 is 0 Å². The van der Waals surface area contributed by atoms with Gasteiger partial charge in [0.25, 0.3) is 5.91 Å². The monoisotopic (exact) mass is 463 g/mol. The van der Waals surface area contributed by atoms with Gasteiger partial charge < -0.3 is 14.9 Å². The molecule has 1 saturated heterocycles. The van der Waals surface area contributed by atoms with Crippen LogP contribution in [0, 0.1) is 23.2 Å². The zero-order chi connectivity index (χ0) is 23.2. The van der Waals surface area contributed by atoms with Gasteiger partial charge in [-0.05, 0) is 49.4 Å². The minimum atomic E-state index is -0.518. The Morgan fingerprint density at radius 2 is 2.03 bits per heavy atom. The van der Waals surface area contributed by atoms with Gasteiger partial charge in [0, 0.05) is 29.8 Å². The van der Waals surface area contributed by atoms with Crippen LogP contribution in [-0.4, -0.2) is 66.6 Å². The molecule has 2 amide bonds. The minimum absolute atomic E-state index is 0.00829. The second kappa shape index (κ2) is 9.03. The van der Waals surface area contributed by atoms with Gasteiger partial charge in [0.05, 0.1) is 25.9 Å². The number of anilines is 1. The van der Waals surface area contributed by atoms with E-state index in [0.29, 0.717) is 11.7 Å². The molecule has 6 atom stereocenters. The first-order valence-electron chi connectivity index (χ1n) is 12.2. The standard InChI is InChI=1S/C24H38N4O3S/c1-14(22(31)28-10-6-7-11-28)16-8-9-24(3)12-17-20(15(2)19(24)21(16)30)26-23(32-17)25-18(29)13-27(4)5/h14-16,19,21,30H,6-13H2,1-5H3,(H,25,26,29)/p+1/t14-,15-,16-,19+,21-,24+/m0/s1. The maximum Gasteiger partial charge on any atom is 0.281 e. The Bertz CT molecular complexity index is 865. The number of aliphatic hydroxyl groups excluding tert-OH is 1. The van der Waals surface area contributed by atoms with Crippen molar-refractivity contribution in [2.24, 2.45) is 23.2 Å². The molecule has 2 heterocycles. The molecule has 178 valence electrons. The number of amides is 2. The van der Waals surface area contributed by atoms with Crippen LogP contribution in [0.2, 0.25) is 0 Å². The van der Waals surface area contributed by atoms with Crippen LogP contribution in [0.15, 0.2) is 0 Å². The molecule has 3 aliphatic rings. The fourth-order valence-electron chi connectivity index (χ4n) is 6.49. The van der Waals surface area contributed by atoms with Gasteiger partial charge in [0.1, 0.15) is 0 Å². The van der Waals surface area contributed by atoms with Gasteiger partial charge in [-0.25, -0.2) is 4.98 Å². The molecule has 0 spiro atoms. The molecule has 0 bridgehead atoms. The summed E-state index contributed by atoms with van der Waals surface area (Å²) in [6.07, 6.45) is 4.42. The van der Waals surface area contributed by atoms with Crippen molar-refractivity contribution in [2.45, 2.75) is 64.9 Å². The lowest BCUT2D eigenvalue weighted by Gasteiger charge is -2.53. The Hall–Kier alpha value is -1.51. The summed E-state index contributed by atoms with van der Waals surface area (Å²) in [6, 6.07) is 0. The largest absolute Gasteiger partial charge is 0.392 e. The number of likely N-dealkylation sites (tertiary alicyclic amines) is 1. The molecule has 7 nitrogen and oxygen atoms in total. The van der Waals surface area contributed by atoms with Crippen molar-refractivity contribution in [3.63, 3.8) is 0 Å². The van der Waals surface area contributed by atoms with Crippen LogP contribution in [0.3, 0.4) is 0 Å². The third-order valence-electron chi connectivity index (χ3n) is 8.13. The highest BCUT2D eigenvalue weighted by molar-refractivity contribution is 7.15. The zero-order valence-corrected chi connectivity index (χ0v) is 20.9. The molecule has 0 aromatic carbocycles. The van der Waals surface area contributed by atoms with Crippen molar-refractivity contribution in [2.75, 3.05) is 39.0 Å². The number of nitrogens with one attached hydrogen (secondary N) is 2. The second-order valence-corrected chi connectivity index (χ2v) is 12.0. The number of aliphatic hydroxyl groups is 1. The Morgan fingerprint density at radius 1 is 1.34 bits per heavy atom. The molecule has 3 N–H and O–H groups in total. The van der Waals surface area contributed by atoms with E-state index in [1.165, 1.54) is 4.88 Å². The second-order valence-electron chi connectivity index (χ2n) is 10.9. The quantitative estimate of drug-likeness (QED) is 0.618. The number of quaternary nitrogens is 1. The van der Waals surface area contributed by atoms with E-state index < -0.39 is 6.10 Å². The molecule has 1 saturated carbocycles. The van der Waals surface area contributed by atoms with Crippen molar-refractivity contribution in [3.8, 4) is 0 Å². The highest BCUT2D eigenvalue weighted by Gasteiger charge is 2.54. The average Bonchev–Trinajstić information content (AvgIpc) is 3.36. The number of likely N-dealkylation sites (N-methyl/N-ethyl adjacent to an activating group) is 1. The van der Waals surface area contributed by atoms with E-state index in [2.05, 4.69) is 19.2 Å². The molecular formula is C24H39N4O3S+. The van der Waals surface area contributed by atoms with Crippen molar-refractivity contribution in [1.82, 2.24) is 9.88 Å². The van der Waals surface area contributed by atoms with E-state index in [4.69, 9.17) is 4.98 Å². The number of aromatic nitrogens is 1. The molecule has 0 radical (unpaired) electrons. The summed E-state index contributed by atoms with van der Waals surface area (Å²) >= 11 is 1.58. The Kier molecular flexibility index (Phi) is 6.67. The smallest absolute Gasteiger partial charge is 0.281 e. The number of carbonyl (C=O) groups is 2. The van der Waals surface area contributed by atoms with Crippen LogP contribution in [0.4, 0.5) is 5.13 Å². The number of rotatable bonds is 5. The summed E-state index contributed by atoms with van der Waals surface area (Å²) in [5.74, 6) is 0.185. The Labute approximate surface area is 195 Å². The van der Waals surface area contributed by atoms with Crippen LogP contribution in [0.5, 0.6) is 0 Å². The molecule has 1 aromatic rings. The normalized spacial score (nSPS) is 33.0. The summed E-state index contributed by atoms with van der Waals surface area (Å²) in [5, 5.41) is 15.2. The molecule has 0 unspecified atom stereocenters. The minimum Gasteiger partial charge on any atom is -0.392 e. The number of carbonyl (C=O) groups excluding carboxylic acids is 2. The van der Waals surface area contributed by atoms with Gasteiger partial charge in [-0.1, -0.05) is 20.8 Å². The summed E-state index contributed by atoms with van der Waals surface area (Å²) in [5.41, 5.74) is 1.00. The predicted octanol–water partition coefficient (Wildman–Crippen LogP) is 1.54. The summed E-state index contributed by atoms with van der Waals surface area (Å²) in [4.78, 5) is 34.4. The maximum atomic E-state index is 13.1. The van der Waals surface area contributed by atoms with Crippen molar-refractivity contribution in [3.05, 3.63) is 10.6 Å². The molecule has 8 heteroatoms. The van der Waals surface area contributed by atoms with Crippen molar-refractivity contribution in [1.29, 1.82) is 0 Å². The lowest BCUT2D eigenvalue weighted by atomic mass is 9.53. The number of hydrogen-bond acceptors (Lipinski definition) is 5. The molecule has 2 aliphatic carbocycles. The summed E-state index contributed by atoms with van der Waals surface area (Å²) in [7, 11) is 3.90. The van der Waals surface area contributed by atoms with Gasteiger partial charge in [0.15, 0.2) is 11.7 Å². The lowest BCUT2D eigenvalue weighted by Crippen LogP contribution is -3.06. The van der Waals surface area contributed by atoms with E-state index >= 15 is 0 Å². The first-order valence-corrected chi connectivity index (χ1v) is 13.0. The van der Waals surface area contributed by atoms with Crippen molar-refractivity contribution < 1.29 is 19.6 Å². The van der Waals surface area contributed by atoms with Gasteiger partial charge in [-0.3, -0.25) is 14.9 Å². The van der Waals surface area contributed by atoms with E-state index in [-0.39, 0.29) is 40.9 Å². The van der Waals surface area contributed by atoms with Crippen LogP contribution in [0.25, 0.3) is 0 Å². The van der Waals surface area contributed by atoms with Crippen molar-refractivity contribution >= 4 is 28.3 Å². The summed E-state index contributed by atoms with van der Waals surface area (Å²) in [6.45, 7) is 8.58. The van der Waals surface area contributed by atoms with Crippen LogP contribution in [0.1, 0.15) is 62.9 Å². The summed E-state index contributed by atoms with van der Waals surface area (Å²) < 4.78 is 0. The molecule has 2 fully saturated rings. The third-order valence-corrected chi connectivity index (χ3v) is 9.12. The number of nitrogens with zero attached hydrogens (tertiary/aromatic N) is 2. The van der Waals surface area contributed by atoms with Crippen LogP contribution < -0.4 is 10.2 Å². The Balaban J connectivity index is 1.53. The molecule has 1 aliphatic heterocycles. The van der Waals surface area contributed by atoms with E-state index in [1.807, 2.05) is 25.9 Å².